The number of rotatable bonds is 11. The second kappa shape index (κ2) is 19.8. The second-order valence-corrected chi connectivity index (χ2v) is 24.6. The first-order valence-corrected chi connectivity index (χ1v) is 25.7. The van der Waals surface area contributed by atoms with Gasteiger partial charge in [-0.1, -0.05) is 117 Å². The van der Waals surface area contributed by atoms with Gasteiger partial charge in [-0.15, -0.1) is 0 Å². The Kier molecular flexibility index (Phi) is 14.9. The number of allylic oxidation sites excluding steroid dienone is 2. The number of carbonyl (C=O) groups is 4. The van der Waals surface area contributed by atoms with Crippen molar-refractivity contribution in [1.82, 2.24) is 0 Å². The van der Waals surface area contributed by atoms with Gasteiger partial charge in [0.1, 0.15) is 0 Å². The molecule has 0 radical (unpaired) electrons. The van der Waals surface area contributed by atoms with Crippen LogP contribution in [0.5, 0.6) is 0 Å². The molecule has 8 rings (SSSR count). The number of carboxylic acids is 1. The fourth-order valence-electron chi connectivity index (χ4n) is 11.0. The number of benzene rings is 4. The number of aromatic carboxylic acids is 1. The van der Waals surface area contributed by atoms with Gasteiger partial charge in [-0.05, 0) is 174 Å². The maximum Gasteiger partial charge on any atom is 0.338 e. The summed E-state index contributed by atoms with van der Waals surface area (Å²) >= 11 is 13.6. The quantitative estimate of drug-likeness (QED) is 0.150. The zero-order chi connectivity index (χ0) is 51.2. The molecule has 0 unspecified atom stereocenters. The number of ether oxygens (including phenoxy) is 1. The molecule has 4 aliphatic rings. The van der Waals surface area contributed by atoms with Crippen LogP contribution in [0.4, 0.5) is 11.4 Å². The molecule has 4 aromatic carbocycles. The van der Waals surface area contributed by atoms with E-state index in [1.54, 1.807) is 53.1 Å². The summed E-state index contributed by atoms with van der Waals surface area (Å²) in [4.78, 5) is 53.7. The lowest BCUT2D eigenvalue weighted by Crippen LogP contribution is -2.42. The number of esters is 1. The van der Waals surface area contributed by atoms with Crippen LogP contribution in [0.3, 0.4) is 0 Å². The minimum Gasteiger partial charge on any atom is -0.478 e. The maximum absolute atomic E-state index is 13.6. The van der Waals surface area contributed by atoms with E-state index in [-0.39, 0.29) is 55.8 Å². The summed E-state index contributed by atoms with van der Waals surface area (Å²) in [6.07, 6.45) is 12.6. The van der Waals surface area contributed by atoms with Crippen LogP contribution < -0.4 is 9.80 Å². The third-order valence-electron chi connectivity index (χ3n) is 15.4. The van der Waals surface area contributed by atoms with Crippen molar-refractivity contribution in [3.8, 4) is 0 Å². The largest absolute Gasteiger partial charge is 0.478 e. The smallest absolute Gasteiger partial charge is 0.338 e. The van der Waals surface area contributed by atoms with Crippen molar-refractivity contribution in [2.75, 3.05) is 16.4 Å². The Bertz CT molecular complexity index is 2720. The molecule has 2 saturated carbocycles. The number of nitrogens with zero attached hydrogens (tertiary/aromatic N) is 2. The Labute approximate surface area is 426 Å². The van der Waals surface area contributed by atoms with Gasteiger partial charge in [0.2, 0.25) is 11.8 Å². The van der Waals surface area contributed by atoms with Gasteiger partial charge in [0, 0.05) is 57.5 Å². The Hall–Kier alpha value is -5.18. The maximum atomic E-state index is 13.6. The first-order valence-electron chi connectivity index (χ1n) is 25.0. The van der Waals surface area contributed by atoms with Crippen LogP contribution >= 0.6 is 23.2 Å². The monoisotopic (exact) mass is 986 g/mol. The van der Waals surface area contributed by atoms with Gasteiger partial charge in [-0.2, -0.15) is 0 Å². The predicted molar refractivity (Wildman–Crippen MR) is 284 cm³/mol. The van der Waals surface area contributed by atoms with Crippen molar-refractivity contribution in [3.63, 3.8) is 0 Å². The van der Waals surface area contributed by atoms with E-state index in [2.05, 4.69) is 106 Å². The summed E-state index contributed by atoms with van der Waals surface area (Å²) in [5.74, 6) is -1.27. The number of carboxylic acid groups (broad SMARTS) is 1. The zero-order valence-electron chi connectivity index (χ0n) is 43.2. The third kappa shape index (κ3) is 11.0. The molecule has 2 heterocycles. The van der Waals surface area contributed by atoms with Gasteiger partial charge in [0.05, 0.1) is 17.7 Å². The van der Waals surface area contributed by atoms with E-state index in [0.717, 1.165) is 83.8 Å². The van der Waals surface area contributed by atoms with Crippen molar-refractivity contribution in [2.45, 2.75) is 151 Å². The molecular formula is C60H72Cl2N2O6. The van der Waals surface area contributed by atoms with Crippen molar-refractivity contribution < 1.29 is 29.0 Å². The number of fused-ring (bicyclic) bond motifs is 2. The van der Waals surface area contributed by atoms with E-state index in [0.29, 0.717) is 30.7 Å². The van der Waals surface area contributed by atoms with E-state index < -0.39 is 5.97 Å². The minimum atomic E-state index is -0.978. The fraction of sp³-hybridized carbons (Fsp3) is 0.467. The molecule has 0 bridgehead atoms. The summed E-state index contributed by atoms with van der Waals surface area (Å²) in [5.41, 5.74) is 8.90. The average Bonchev–Trinajstić information content (AvgIpc) is 3.72. The highest BCUT2D eigenvalue weighted by atomic mass is 35.5. The molecule has 70 heavy (non-hydrogen) atoms. The van der Waals surface area contributed by atoms with E-state index in [1.807, 2.05) is 24.5 Å². The first kappa shape index (κ1) is 52.6. The summed E-state index contributed by atoms with van der Waals surface area (Å²) in [7, 11) is 0. The second-order valence-electron chi connectivity index (χ2n) is 23.8. The Morgan fingerprint density at radius 1 is 0.600 bits per heavy atom. The zero-order valence-corrected chi connectivity index (χ0v) is 44.7. The van der Waals surface area contributed by atoms with Crippen LogP contribution in [0.1, 0.15) is 170 Å². The minimum absolute atomic E-state index is 0.0115. The molecule has 2 aliphatic carbocycles. The van der Waals surface area contributed by atoms with Crippen molar-refractivity contribution >= 4 is 58.3 Å². The molecule has 2 atom stereocenters. The molecule has 0 aromatic heterocycles. The number of hydrogen-bond donors (Lipinski definition) is 1. The predicted octanol–water partition coefficient (Wildman–Crippen LogP) is 15.3. The van der Waals surface area contributed by atoms with Gasteiger partial charge in [0.15, 0.2) is 0 Å². The van der Waals surface area contributed by atoms with Gasteiger partial charge >= 0.3 is 11.9 Å². The number of aryl methyl sites for hydroxylation is 2. The van der Waals surface area contributed by atoms with Crippen LogP contribution in [0.2, 0.25) is 10.0 Å². The molecule has 2 fully saturated rings. The lowest BCUT2D eigenvalue weighted by Gasteiger charge is -2.41. The number of halogens is 2. The molecule has 0 spiro atoms. The molecule has 2 amide bonds. The van der Waals surface area contributed by atoms with Gasteiger partial charge < -0.3 is 9.84 Å². The van der Waals surface area contributed by atoms with Gasteiger partial charge in [-0.3, -0.25) is 19.4 Å². The lowest BCUT2D eigenvalue weighted by atomic mass is 9.68. The number of anilines is 2. The van der Waals surface area contributed by atoms with Crippen LogP contribution in [0.15, 0.2) is 108 Å². The molecule has 8 nitrogen and oxygen atoms in total. The highest BCUT2D eigenvalue weighted by Crippen LogP contribution is 2.60. The number of hydrogen-bond acceptors (Lipinski definition) is 5. The topological polar surface area (TPSA) is 104 Å². The first-order chi connectivity index (χ1) is 32.7. The summed E-state index contributed by atoms with van der Waals surface area (Å²) < 4.78 is 5.09. The molecular weight excluding hydrogens is 916 g/mol. The van der Waals surface area contributed by atoms with Crippen LogP contribution in [0, 0.1) is 21.7 Å². The Morgan fingerprint density at radius 3 is 1.33 bits per heavy atom. The SMILES string of the molecule is CC(C)(C)CCc1ccc([C@@]23CCC(C)(C)C2=CN(c2ccc(C(=O)O)cc2)C(=O)C3)cc1Cl.CCOC(=O)c1ccc(N2C=C3C(C)(C)CC[C@@]3(c3ccc(CCC(C)(C)C)c(Cl)c3)CC2=O)cc1. The van der Waals surface area contributed by atoms with E-state index in [9.17, 15) is 24.3 Å². The van der Waals surface area contributed by atoms with E-state index in [4.69, 9.17) is 27.9 Å². The van der Waals surface area contributed by atoms with Gasteiger partial charge in [0.25, 0.3) is 0 Å². The molecule has 0 saturated heterocycles. The highest BCUT2D eigenvalue weighted by Gasteiger charge is 2.54. The summed E-state index contributed by atoms with van der Waals surface area (Å²) in [5, 5.41) is 10.8. The standard InChI is InChI=1S/C31H38ClNO3.C29H34ClNO3/c1-7-36-28(35)22-9-12-24(13-10-22)33-20-26-30(5,6)16-17-31(26,19-27(33)34)23-11-8-21(25(32)18-23)14-15-29(2,3)4;1-27(2,3)13-12-19-6-9-21(16-23(19)30)29-15-14-28(4,5)24(29)18-31(25(32)17-29)22-10-7-20(8-11-22)26(33)34/h8-13,18,20H,7,14-17,19H2,1-6H3;6-11,16,18H,12-15,17H2,1-5H3,(H,33,34)/t31-;29-/m00/s1. The third-order valence-corrected chi connectivity index (χ3v) is 16.1. The Morgan fingerprint density at radius 2 is 0.986 bits per heavy atom. The van der Waals surface area contributed by atoms with Gasteiger partial charge in [-0.25, -0.2) is 9.59 Å². The van der Waals surface area contributed by atoms with Crippen LogP contribution in [-0.4, -0.2) is 35.5 Å². The molecule has 4 aromatic rings. The van der Waals surface area contributed by atoms with Crippen molar-refractivity contribution in [2.24, 2.45) is 21.7 Å². The fourth-order valence-corrected chi connectivity index (χ4v) is 11.6. The number of carbonyl (C=O) groups excluding carboxylic acids is 3. The van der Waals surface area contributed by atoms with Crippen molar-refractivity contribution in [3.05, 3.63) is 152 Å². The van der Waals surface area contributed by atoms with Crippen LogP contribution in [-0.2, 0) is 38.0 Å². The number of amides is 2. The highest BCUT2D eigenvalue weighted by molar-refractivity contribution is 6.31. The van der Waals surface area contributed by atoms with E-state index >= 15 is 0 Å². The molecule has 10 heteroatoms. The lowest BCUT2D eigenvalue weighted by molar-refractivity contribution is -0.120. The summed E-state index contributed by atoms with van der Waals surface area (Å²) in [6.45, 7) is 24.6. The van der Waals surface area contributed by atoms with E-state index in [1.165, 1.54) is 16.7 Å². The molecule has 2 aliphatic heterocycles. The molecule has 1 N–H and O–H groups in total. The summed E-state index contributed by atoms with van der Waals surface area (Å²) in [6, 6.07) is 26.4. The Balaban J connectivity index is 0.000000207. The average molecular weight is 988 g/mol. The normalized spacial score (nSPS) is 21.6. The van der Waals surface area contributed by atoms with Crippen LogP contribution in [0.25, 0.3) is 0 Å². The van der Waals surface area contributed by atoms with Crippen molar-refractivity contribution in [1.29, 1.82) is 0 Å². The molecule has 372 valence electrons.